The van der Waals surface area contributed by atoms with E-state index >= 15 is 0 Å². The van der Waals surface area contributed by atoms with Gasteiger partial charge in [0, 0.05) is 17.9 Å². The topological polar surface area (TPSA) is 46.3 Å². The predicted octanol–water partition coefficient (Wildman–Crippen LogP) is 1.15. The van der Waals surface area contributed by atoms with E-state index in [1.54, 1.807) is 12.2 Å². The van der Waals surface area contributed by atoms with Crippen LogP contribution in [0.5, 0.6) is 0 Å². The number of hydrogen-bond acceptors (Lipinski definition) is 2. The number of amides is 1. The van der Waals surface area contributed by atoms with Gasteiger partial charge in [0.1, 0.15) is 0 Å². The van der Waals surface area contributed by atoms with Gasteiger partial charge >= 0.3 is 0 Å². The van der Waals surface area contributed by atoms with Crippen molar-refractivity contribution in [2.75, 3.05) is 0 Å². The third kappa shape index (κ3) is 1.80. The molecule has 2 N–H and O–H groups in total. The lowest BCUT2D eigenvalue weighted by Gasteiger charge is -2.29. The highest BCUT2D eigenvalue weighted by atomic mass is 16.1. The molecule has 1 heterocycles. The lowest BCUT2D eigenvalue weighted by Crippen LogP contribution is -2.30. The summed E-state index contributed by atoms with van der Waals surface area (Å²) in [5, 5.41) is 0. The Morgan fingerprint density at radius 3 is 2.69 bits per heavy atom. The third-order valence-electron chi connectivity index (χ3n) is 1.95. The van der Waals surface area contributed by atoms with Crippen molar-refractivity contribution < 1.29 is 4.79 Å². The first-order valence-electron chi connectivity index (χ1n) is 4.20. The summed E-state index contributed by atoms with van der Waals surface area (Å²) in [6.07, 6.45) is 5.37. The van der Waals surface area contributed by atoms with Crippen molar-refractivity contribution in [3.63, 3.8) is 0 Å². The van der Waals surface area contributed by atoms with Gasteiger partial charge in [-0.25, -0.2) is 0 Å². The van der Waals surface area contributed by atoms with Gasteiger partial charge in [-0.05, 0) is 26.0 Å². The standard InChI is InChI=1S/C10H14N2O/c1-7(2)12-6-4-5-9(8(12)3)10(11)13/h4-7H,3H2,1-2H3,(H2,11,13). The van der Waals surface area contributed by atoms with Crippen molar-refractivity contribution >= 4 is 5.91 Å². The van der Waals surface area contributed by atoms with Gasteiger partial charge in [0.25, 0.3) is 5.91 Å². The van der Waals surface area contributed by atoms with E-state index in [1.165, 1.54) is 0 Å². The molecule has 13 heavy (non-hydrogen) atoms. The van der Waals surface area contributed by atoms with Crippen molar-refractivity contribution in [3.8, 4) is 0 Å². The second kappa shape index (κ2) is 3.47. The predicted molar refractivity (Wildman–Crippen MR) is 52.5 cm³/mol. The van der Waals surface area contributed by atoms with E-state index < -0.39 is 5.91 Å². The van der Waals surface area contributed by atoms with Gasteiger partial charge in [0.15, 0.2) is 0 Å². The van der Waals surface area contributed by atoms with E-state index in [0.29, 0.717) is 11.3 Å². The van der Waals surface area contributed by atoms with Crippen molar-refractivity contribution in [2.24, 2.45) is 5.73 Å². The maximum atomic E-state index is 11.0. The van der Waals surface area contributed by atoms with Crippen LogP contribution in [0.15, 0.2) is 36.2 Å². The fraction of sp³-hybridized carbons (Fsp3) is 0.300. The molecule has 0 aromatic carbocycles. The van der Waals surface area contributed by atoms with Gasteiger partial charge in [-0.2, -0.15) is 0 Å². The number of allylic oxidation sites excluding steroid dienone is 2. The quantitative estimate of drug-likeness (QED) is 0.689. The SMILES string of the molecule is C=C1C(C(N)=O)=CC=CN1C(C)C. The van der Waals surface area contributed by atoms with Crippen LogP contribution < -0.4 is 5.73 Å². The number of nitrogens with two attached hydrogens (primary N) is 1. The number of nitrogens with zero attached hydrogens (tertiary/aromatic N) is 1. The lowest BCUT2D eigenvalue weighted by atomic mass is 10.1. The minimum absolute atomic E-state index is 0.284. The Kier molecular flexibility index (Phi) is 2.56. The zero-order chi connectivity index (χ0) is 10.0. The highest BCUT2D eigenvalue weighted by Crippen LogP contribution is 2.20. The van der Waals surface area contributed by atoms with Crippen LogP contribution in [0.1, 0.15) is 13.8 Å². The molecule has 70 valence electrons. The molecule has 0 saturated carbocycles. The van der Waals surface area contributed by atoms with E-state index in [9.17, 15) is 4.79 Å². The van der Waals surface area contributed by atoms with Gasteiger partial charge in [-0.1, -0.05) is 6.58 Å². The fourth-order valence-electron chi connectivity index (χ4n) is 1.27. The van der Waals surface area contributed by atoms with Gasteiger partial charge < -0.3 is 10.6 Å². The van der Waals surface area contributed by atoms with Gasteiger partial charge in [0.2, 0.25) is 0 Å². The summed E-state index contributed by atoms with van der Waals surface area (Å²) in [5.41, 5.74) is 6.35. The van der Waals surface area contributed by atoms with E-state index in [-0.39, 0.29) is 6.04 Å². The monoisotopic (exact) mass is 178 g/mol. The molecular weight excluding hydrogens is 164 g/mol. The van der Waals surface area contributed by atoms with Crippen LogP contribution >= 0.6 is 0 Å². The molecule has 1 aliphatic rings. The molecule has 0 radical (unpaired) electrons. The molecule has 0 aliphatic carbocycles. The smallest absolute Gasteiger partial charge is 0.250 e. The summed E-state index contributed by atoms with van der Waals surface area (Å²) < 4.78 is 0. The molecular formula is C10H14N2O. The second-order valence-corrected chi connectivity index (χ2v) is 3.23. The van der Waals surface area contributed by atoms with Crippen LogP contribution in [-0.2, 0) is 4.79 Å². The molecule has 0 spiro atoms. The summed E-state index contributed by atoms with van der Waals surface area (Å²) in [6.45, 7) is 7.88. The van der Waals surface area contributed by atoms with E-state index in [0.717, 1.165) is 0 Å². The Hall–Kier alpha value is -1.51. The lowest BCUT2D eigenvalue weighted by molar-refractivity contribution is -0.114. The highest BCUT2D eigenvalue weighted by molar-refractivity contribution is 5.96. The first-order valence-corrected chi connectivity index (χ1v) is 4.20. The molecule has 0 atom stereocenters. The average Bonchev–Trinajstić information content (AvgIpc) is 2.03. The molecule has 1 aliphatic heterocycles. The first kappa shape index (κ1) is 9.58. The molecule has 1 amide bonds. The zero-order valence-corrected chi connectivity index (χ0v) is 7.95. The Bertz CT molecular complexity index is 300. The van der Waals surface area contributed by atoms with Gasteiger partial charge in [-0.3, -0.25) is 4.79 Å². The Labute approximate surface area is 78.2 Å². The second-order valence-electron chi connectivity index (χ2n) is 3.23. The molecule has 0 unspecified atom stereocenters. The molecule has 0 saturated heterocycles. The summed E-state index contributed by atoms with van der Waals surface area (Å²) in [6, 6.07) is 0.284. The van der Waals surface area contributed by atoms with Gasteiger partial charge in [-0.15, -0.1) is 0 Å². The summed E-state index contributed by atoms with van der Waals surface area (Å²) >= 11 is 0. The van der Waals surface area contributed by atoms with Crippen molar-refractivity contribution in [1.29, 1.82) is 0 Å². The van der Waals surface area contributed by atoms with E-state index in [2.05, 4.69) is 6.58 Å². The number of rotatable bonds is 2. The van der Waals surface area contributed by atoms with Crippen LogP contribution in [0.2, 0.25) is 0 Å². The molecule has 1 rings (SSSR count). The van der Waals surface area contributed by atoms with Crippen molar-refractivity contribution in [1.82, 2.24) is 4.90 Å². The molecule has 3 heteroatoms. The van der Waals surface area contributed by atoms with Crippen LogP contribution in [0.3, 0.4) is 0 Å². The maximum Gasteiger partial charge on any atom is 0.250 e. The van der Waals surface area contributed by atoms with Crippen molar-refractivity contribution in [3.05, 3.63) is 36.2 Å². The van der Waals surface area contributed by atoms with E-state index in [1.807, 2.05) is 24.9 Å². The van der Waals surface area contributed by atoms with Crippen LogP contribution in [0.25, 0.3) is 0 Å². The van der Waals surface area contributed by atoms with E-state index in [4.69, 9.17) is 5.73 Å². The fourth-order valence-corrected chi connectivity index (χ4v) is 1.27. The Morgan fingerprint density at radius 2 is 2.23 bits per heavy atom. The molecule has 3 nitrogen and oxygen atoms in total. The molecule has 0 fully saturated rings. The summed E-state index contributed by atoms with van der Waals surface area (Å²) in [5.74, 6) is -0.431. The number of primary amides is 1. The minimum atomic E-state index is -0.431. The highest BCUT2D eigenvalue weighted by Gasteiger charge is 2.18. The first-order chi connectivity index (χ1) is 6.04. The number of carbonyl (C=O) groups is 1. The van der Waals surface area contributed by atoms with Gasteiger partial charge in [0.05, 0.1) is 5.57 Å². The minimum Gasteiger partial charge on any atom is -0.366 e. The normalized spacial score (nSPS) is 16.4. The number of hydrogen-bond donors (Lipinski definition) is 1. The summed E-state index contributed by atoms with van der Waals surface area (Å²) in [7, 11) is 0. The Balaban J connectivity index is 2.93. The molecule has 0 aromatic heterocycles. The largest absolute Gasteiger partial charge is 0.366 e. The van der Waals surface area contributed by atoms with Crippen LogP contribution in [0, 0.1) is 0 Å². The molecule has 0 aromatic rings. The maximum absolute atomic E-state index is 11.0. The molecule has 0 bridgehead atoms. The third-order valence-corrected chi connectivity index (χ3v) is 1.95. The Morgan fingerprint density at radius 1 is 1.62 bits per heavy atom. The summed E-state index contributed by atoms with van der Waals surface area (Å²) in [4.78, 5) is 12.9. The van der Waals surface area contributed by atoms with Crippen molar-refractivity contribution in [2.45, 2.75) is 19.9 Å². The van der Waals surface area contributed by atoms with Crippen LogP contribution in [-0.4, -0.2) is 16.8 Å². The average molecular weight is 178 g/mol. The van der Waals surface area contributed by atoms with Crippen LogP contribution in [0.4, 0.5) is 0 Å². The number of carbonyl (C=O) groups excluding carboxylic acids is 1. The zero-order valence-electron chi connectivity index (χ0n) is 7.95.